The van der Waals surface area contributed by atoms with E-state index in [4.69, 9.17) is 4.74 Å². The molecule has 3 heteroatoms. The number of carbonyl (C=O) groups is 1. The van der Waals surface area contributed by atoms with Crippen LogP contribution in [0.5, 0.6) is 5.75 Å². The lowest BCUT2D eigenvalue weighted by Crippen LogP contribution is -2.28. The van der Waals surface area contributed by atoms with E-state index in [0.29, 0.717) is 18.9 Å². The summed E-state index contributed by atoms with van der Waals surface area (Å²) in [5.74, 6) is 1.21. The molecular formula is C19H23NO2. The van der Waals surface area contributed by atoms with Crippen LogP contribution in [0.15, 0.2) is 48.5 Å². The van der Waals surface area contributed by atoms with Crippen molar-refractivity contribution in [1.82, 2.24) is 5.32 Å². The van der Waals surface area contributed by atoms with Gasteiger partial charge in [-0.1, -0.05) is 49.4 Å². The molecule has 0 aliphatic heterocycles. The van der Waals surface area contributed by atoms with Crippen molar-refractivity contribution in [2.45, 2.75) is 26.2 Å². The zero-order valence-electron chi connectivity index (χ0n) is 13.4. The first-order valence-electron chi connectivity index (χ1n) is 7.55. The molecule has 0 spiro atoms. The Balaban J connectivity index is 1.87. The molecule has 1 amide bonds. The number of amides is 1. The fraction of sp³-hybridized carbons (Fsp3) is 0.316. The molecule has 0 aliphatic carbocycles. The van der Waals surface area contributed by atoms with Crippen LogP contribution in [0.4, 0.5) is 0 Å². The van der Waals surface area contributed by atoms with Crippen molar-refractivity contribution in [3.63, 3.8) is 0 Å². The van der Waals surface area contributed by atoms with E-state index in [1.165, 1.54) is 5.56 Å². The largest absolute Gasteiger partial charge is 0.496 e. The van der Waals surface area contributed by atoms with Crippen LogP contribution in [0.3, 0.4) is 0 Å². The first kappa shape index (κ1) is 16.1. The number of benzene rings is 2. The third-order valence-electron chi connectivity index (χ3n) is 3.80. The molecule has 0 unspecified atom stereocenters. The number of methoxy groups -OCH3 is 1. The minimum absolute atomic E-state index is 0.0485. The molecule has 0 saturated carbocycles. The topological polar surface area (TPSA) is 38.3 Å². The Labute approximate surface area is 132 Å². The van der Waals surface area contributed by atoms with Gasteiger partial charge in [-0.05, 0) is 35.6 Å². The average Bonchev–Trinajstić information content (AvgIpc) is 2.53. The summed E-state index contributed by atoms with van der Waals surface area (Å²) in [6, 6.07) is 16.1. The van der Waals surface area contributed by atoms with Gasteiger partial charge in [-0.15, -0.1) is 0 Å². The second kappa shape index (κ2) is 7.64. The average molecular weight is 297 g/mol. The molecule has 1 atom stereocenters. The van der Waals surface area contributed by atoms with Gasteiger partial charge in [0.1, 0.15) is 5.75 Å². The van der Waals surface area contributed by atoms with E-state index in [-0.39, 0.29) is 5.91 Å². The van der Waals surface area contributed by atoms with Crippen LogP contribution in [0, 0.1) is 6.92 Å². The van der Waals surface area contributed by atoms with Crippen molar-refractivity contribution in [3.05, 3.63) is 65.2 Å². The Kier molecular flexibility index (Phi) is 5.59. The maximum atomic E-state index is 12.1. The molecule has 2 aromatic carbocycles. The lowest BCUT2D eigenvalue weighted by Gasteiger charge is -2.13. The predicted molar refractivity (Wildman–Crippen MR) is 89.3 cm³/mol. The molecule has 1 N–H and O–H groups in total. The summed E-state index contributed by atoms with van der Waals surface area (Å²) in [4.78, 5) is 12.1. The van der Waals surface area contributed by atoms with Crippen molar-refractivity contribution < 1.29 is 9.53 Å². The lowest BCUT2D eigenvalue weighted by atomic mass is 10.0. The summed E-state index contributed by atoms with van der Waals surface area (Å²) >= 11 is 0. The van der Waals surface area contributed by atoms with Crippen molar-refractivity contribution in [2.24, 2.45) is 0 Å². The molecule has 0 aromatic heterocycles. The number of ether oxygens (including phenoxy) is 1. The van der Waals surface area contributed by atoms with Gasteiger partial charge in [0.2, 0.25) is 5.91 Å². The van der Waals surface area contributed by atoms with Gasteiger partial charge in [0, 0.05) is 6.54 Å². The van der Waals surface area contributed by atoms with Gasteiger partial charge < -0.3 is 10.1 Å². The Morgan fingerprint density at radius 2 is 1.91 bits per heavy atom. The molecule has 0 saturated heterocycles. The number of hydrogen-bond donors (Lipinski definition) is 1. The van der Waals surface area contributed by atoms with Gasteiger partial charge in [-0.2, -0.15) is 0 Å². The maximum Gasteiger partial charge on any atom is 0.224 e. The zero-order chi connectivity index (χ0) is 15.9. The van der Waals surface area contributed by atoms with Crippen LogP contribution in [-0.4, -0.2) is 19.6 Å². The molecule has 0 aliphatic rings. The first-order chi connectivity index (χ1) is 10.6. The minimum atomic E-state index is 0.0485. The van der Waals surface area contributed by atoms with Crippen molar-refractivity contribution >= 4 is 5.91 Å². The monoisotopic (exact) mass is 297 g/mol. The standard InChI is InChI=1S/C19H23NO2/c1-14-11-16(9-10-18(14)22-3)12-19(21)20-13-15(2)17-7-5-4-6-8-17/h4-11,15H,12-13H2,1-3H3,(H,20,21)/t15-/m0/s1. The van der Waals surface area contributed by atoms with Crippen molar-refractivity contribution in [2.75, 3.05) is 13.7 Å². The van der Waals surface area contributed by atoms with Gasteiger partial charge in [-0.25, -0.2) is 0 Å². The van der Waals surface area contributed by atoms with Gasteiger partial charge in [-0.3, -0.25) is 4.79 Å². The Morgan fingerprint density at radius 3 is 2.55 bits per heavy atom. The molecule has 0 radical (unpaired) electrons. The molecule has 22 heavy (non-hydrogen) atoms. The smallest absolute Gasteiger partial charge is 0.224 e. The molecule has 0 heterocycles. The molecule has 0 bridgehead atoms. The highest BCUT2D eigenvalue weighted by Gasteiger charge is 2.09. The van der Waals surface area contributed by atoms with E-state index >= 15 is 0 Å². The summed E-state index contributed by atoms with van der Waals surface area (Å²) in [6.07, 6.45) is 0.395. The highest BCUT2D eigenvalue weighted by Crippen LogP contribution is 2.19. The Hall–Kier alpha value is -2.29. The number of nitrogens with one attached hydrogen (secondary N) is 1. The lowest BCUT2D eigenvalue weighted by molar-refractivity contribution is -0.120. The van der Waals surface area contributed by atoms with E-state index in [0.717, 1.165) is 16.9 Å². The van der Waals surface area contributed by atoms with Gasteiger partial charge in [0.05, 0.1) is 13.5 Å². The predicted octanol–water partition coefficient (Wildman–Crippen LogP) is 3.47. The van der Waals surface area contributed by atoms with Crippen LogP contribution < -0.4 is 10.1 Å². The van der Waals surface area contributed by atoms with Gasteiger partial charge in [0.15, 0.2) is 0 Å². The number of hydrogen-bond acceptors (Lipinski definition) is 2. The zero-order valence-corrected chi connectivity index (χ0v) is 13.4. The molecule has 2 aromatic rings. The summed E-state index contributed by atoms with van der Waals surface area (Å²) in [6.45, 7) is 4.75. The molecule has 3 nitrogen and oxygen atoms in total. The van der Waals surface area contributed by atoms with Gasteiger partial charge in [0.25, 0.3) is 0 Å². The van der Waals surface area contributed by atoms with Crippen LogP contribution >= 0.6 is 0 Å². The fourth-order valence-corrected chi connectivity index (χ4v) is 2.46. The van der Waals surface area contributed by atoms with E-state index in [1.807, 2.05) is 43.3 Å². The second-order valence-corrected chi connectivity index (χ2v) is 5.60. The maximum absolute atomic E-state index is 12.1. The first-order valence-corrected chi connectivity index (χ1v) is 7.55. The van der Waals surface area contributed by atoms with Crippen LogP contribution in [0.25, 0.3) is 0 Å². The quantitative estimate of drug-likeness (QED) is 0.886. The van der Waals surface area contributed by atoms with Gasteiger partial charge >= 0.3 is 0 Å². The van der Waals surface area contributed by atoms with E-state index < -0.39 is 0 Å². The highest BCUT2D eigenvalue weighted by molar-refractivity contribution is 5.78. The Morgan fingerprint density at radius 1 is 1.18 bits per heavy atom. The minimum Gasteiger partial charge on any atom is -0.496 e. The van der Waals surface area contributed by atoms with Crippen molar-refractivity contribution in [1.29, 1.82) is 0 Å². The van der Waals surface area contributed by atoms with Crippen LogP contribution in [0.1, 0.15) is 29.5 Å². The fourth-order valence-electron chi connectivity index (χ4n) is 2.46. The molecular weight excluding hydrogens is 274 g/mol. The highest BCUT2D eigenvalue weighted by atomic mass is 16.5. The third kappa shape index (κ3) is 4.35. The third-order valence-corrected chi connectivity index (χ3v) is 3.80. The second-order valence-electron chi connectivity index (χ2n) is 5.60. The summed E-state index contributed by atoms with van der Waals surface area (Å²) < 4.78 is 5.23. The van der Waals surface area contributed by atoms with E-state index in [2.05, 4.69) is 24.4 Å². The summed E-state index contributed by atoms with van der Waals surface area (Å²) in [5, 5.41) is 3.01. The number of rotatable bonds is 6. The molecule has 2 rings (SSSR count). The summed E-state index contributed by atoms with van der Waals surface area (Å²) in [7, 11) is 1.65. The van der Waals surface area contributed by atoms with Crippen LogP contribution in [0.2, 0.25) is 0 Å². The summed E-state index contributed by atoms with van der Waals surface area (Å²) in [5.41, 5.74) is 3.29. The van der Waals surface area contributed by atoms with Crippen LogP contribution in [-0.2, 0) is 11.2 Å². The Bertz CT molecular complexity index is 623. The van der Waals surface area contributed by atoms with Crippen molar-refractivity contribution in [3.8, 4) is 5.75 Å². The molecule has 0 fully saturated rings. The van der Waals surface area contributed by atoms with E-state index in [1.54, 1.807) is 7.11 Å². The SMILES string of the molecule is COc1ccc(CC(=O)NC[C@H](C)c2ccccc2)cc1C. The van der Waals surface area contributed by atoms with E-state index in [9.17, 15) is 4.79 Å². The molecule has 116 valence electrons. The number of carbonyl (C=O) groups excluding carboxylic acids is 1. The number of aryl methyl sites for hydroxylation is 1. The normalized spacial score (nSPS) is 11.8.